The van der Waals surface area contributed by atoms with Crippen LogP contribution < -0.4 is 10.1 Å². The predicted molar refractivity (Wildman–Crippen MR) is 95.6 cm³/mol. The van der Waals surface area contributed by atoms with Crippen molar-refractivity contribution in [3.63, 3.8) is 0 Å². The Morgan fingerprint density at radius 3 is 2.72 bits per heavy atom. The van der Waals surface area contributed by atoms with E-state index >= 15 is 0 Å². The van der Waals surface area contributed by atoms with Gasteiger partial charge >= 0.3 is 0 Å². The number of hydrogen-bond donors (Lipinski definition) is 1. The SMILES string of the molecule is O=CC1CCCCCCOc2ccnc(c2)-c2ccccc2C(=O)N1. The van der Waals surface area contributed by atoms with Gasteiger partial charge < -0.3 is 14.8 Å². The Bertz CT molecular complexity index is 745. The van der Waals surface area contributed by atoms with Crippen LogP contribution in [-0.4, -0.2) is 29.8 Å². The fourth-order valence-corrected chi connectivity index (χ4v) is 2.98. The molecule has 1 unspecified atom stereocenters. The average molecular weight is 338 g/mol. The van der Waals surface area contributed by atoms with E-state index in [4.69, 9.17) is 4.74 Å². The summed E-state index contributed by atoms with van der Waals surface area (Å²) in [7, 11) is 0. The second-order valence-corrected chi connectivity index (χ2v) is 6.19. The summed E-state index contributed by atoms with van der Waals surface area (Å²) in [6.07, 6.45) is 7.09. The summed E-state index contributed by atoms with van der Waals surface area (Å²) >= 11 is 0. The molecule has 0 spiro atoms. The molecule has 130 valence electrons. The molecule has 1 amide bonds. The van der Waals surface area contributed by atoms with Crippen LogP contribution in [0.2, 0.25) is 0 Å². The lowest BCUT2D eigenvalue weighted by atomic mass is 10.0. The normalized spacial score (nSPS) is 18.7. The third-order valence-corrected chi connectivity index (χ3v) is 4.34. The highest BCUT2D eigenvalue weighted by molar-refractivity contribution is 6.01. The zero-order valence-electron chi connectivity index (χ0n) is 14.1. The number of carbonyl (C=O) groups is 2. The molecule has 5 nitrogen and oxygen atoms in total. The van der Waals surface area contributed by atoms with Gasteiger partial charge in [-0.05, 0) is 25.0 Å². The molecule has 2 aromatic rings. The number of amides is 1. The lowest BCUT2D eigenvalue weighted by Crippen LogP contribution is -2.36. The van der Waals surface area contributed by atoms with E-state index in [9.17, 15) is 9.59 Å². The molecule has 0 saturated heterocycles. The van der Waals surface area contributed by atoms with Gasteiger partial charge in [-0.2, -0.15) is 0 Å². The fourth-order valence-electron chi connectivity index (χ4n) is 2.98. The maximum absolute atomic E-state index is 12.7. The van der Waals surface area contributed by atoms with E-state index < -0.39 is 6.04 Å². The minimum Gasteiger partial charge on any atom is -0.493 e. The topological polar surface area (TPSA) is 68.3 Å². The number of aldehydes is 1. The van der Waals surface area contributed by atoms with Gasteiger partial charge in [0.2, 0.25) is 0 Å². The highest BCUT2D eigenvalue weighted by Crippen LogP contribution is 2.25. The smallest absolute Gasteiger partial charge is 0.252 e. The van der Waals surface area contributed by atoms with Gasteiger partial charge in [0.05, 0.1) is 18.3 Å². The van der Waals surface area contributed by atoms with Crippen LogP contribution in [0.3, 0.4) is 0 Å². The number of nitrogens with zero attached hydrogens (tertiary/aromatic N) is 1. The first-order valence-electron chi connectivity index (χ1n) is 8.72. The summed E-state index contributed by atoms with van der Waals surface area (Å²) in [6.45, 7) is 0.652. The molecule has 5 heteroatoms. The second-order valence-electron chi connectivity index (χ2n) is 6.19. The van der Waals surface area contributed by atoms with Gasteiger partial charge in [0, 0.05) is 23.4 Å². The van der Waals surface area contributed by atoms with Crippen molar-refractivity contribution in [3.05, 3.63) is 48.2 Å². The van der Waals surface area contributed by atoms with Crippen molar-refractivity contribution in [2.45, 2.75) is 38.1 Å². The maximum Gasteiger partial charge on any atom is 0.252 e. The first-order valence-corrected chi connectivity index (χ1v) is 8.72. The molecule has 1 aromatic carbocycles. The summed E-state index contributed by atoms with van der Waals surface area (Å²) in [5.41, 5.74) is 1.92. The summed E-state index contributed by atoms with van der Waals surface area (Å²) in [6, 6.07) is 10.5. The lowest BCUT2D eigenvalue weighted by Gasteiger charge is -2.14. The summed E-state index contributed by atoms with van der Waals surface area (Å²) in [4.78, 5) is 28.4. The lowest BCUT2D eigenvalue weighted by molar-refractivity contribution is -0.109. The number of carbonyl (C=O) groups excluding carboxylic acids is 2. The van der Waals surface area contributed by atoms with Crippen LogP contribution in [0.5, 0.6) is 5.75 Å². The molecular weight excluding hydrogens is 316 g/mol. The van der Waals surface area contributed by atoms with Crippen molar-refractivity contribution in [3.8, 4) is 17.0 Å². The third kappa shape index (κ3) is 4.44. The number of pyridine rings is 1. The van der Waals surface area contributed by atoms with Crippen LogP contribution in [0.25, 0.3) is 11.3 Å². The van der Waals surface area contributed by atoms with Gasteiger partial charge in [-0.3, -0.25) is 9.78 Å². The van der Waals surface area contributed by atoms with Crippen LogP contribution >= 0.6 is 0 Å². The number of nitrogens with one attached hydrogen (secondary N) is 1. The van der Waals surface area contributed by atoms with E-state index in [0.29, 0.717) is 24.3 Å². The van der Waals surface area contributed by atoms with E-state index in [2.05, 4.69) is 10.3 Å². The number of benzene rings is 1. The number of hydrogen-bond acceptors (Lipinski definition) is 4. The summed E-state index contributed by atoms with van der Waals surface area (Å²) < 4.78 is 5.81. The Morgan fingerprint density at radius 1 is 1.08 bits per heavy atom. The molecule has 1 N–H and O–H groups in total. The molecule has 3 rings (SSSR count). The fraction of sp³-hybridized carbons (Fsp3) is 0.350. The maximum atomic E-state index is 12.7. The Hall–Kier alpha value is -2.69. The molecule has 0 saturated carbocycles. The van der Waals surface area contributed by atoms with E-state index in [1.54, 1.807) is 12.3 Å². The summed E-state index contributed by atoms with van der Waals surface area (Å²) in [5, 5.41) is 2.83. The van der Waals surface area contributed by atoms with Gasteiger partial charge in [0.15, 0.2) is 0 Å². The number of aromatic nitrogens is 1. The Labute approximate surface area is 147 Å². The minimum absolute atomic E-state index is 0.254. The zero-order chi connectivity index (χ0) is 17.5. The molecule has 2 heterocycles. The van der Waals surface area contributed by atoms with Crippen LogP contribution in [0.4, 0.5) is 0 Å². The summed E-state index contributed by atoms with van der Waals surface area (Å²) in [5.74, 6) is 0.497. The van der Waals surface area contributed by atoms with E-state index in [1.165, 1.54) is 0 Å². The third-order valence-electron chi connectivity index (χ3n) is 4.34. The zero-order valence-corrected chi connectivity index (χ0v) is 14.1. The Balaban J connectivity index is 1.96. The Morgan fingerprint density at radius 2 is 1.88 bits per heavy atom. The van der Waals surface area contributed by atoms with Crippen LogP contribution in [0.1, 0.15) is 42.5 Å². The molecule has 2 bridgehead atoms. The van der Waals surface area contributed by atoms with E-state index in [1.807, 2.05) is 30.3 Å². The van der Waals surface area contributed by atoms with E-state index in [-0.39, 0.29) is 5.91 Å². The molecule has 1 aliphatic heterocycles. The highest BCUT2D eigenvalue weighted by atomic mass is 16.5. The second kappa shape index (κ2) is 8.42. The van der Waals surface area contributed by atoms with Gasteiger partial charge in [0.25, 0.3) is 5.91 Å². The average Bonchev–Trinajstić information content (AvgIpc) is 2.66. The van der Waals surface area contributed by atoms with Crippen molar-refractivity contribution in [1.29, 1.82) is 0 Å². The first kappa shape index (κ1) is 17.1. The van der Waals surface area contributed by atoms with Crippen molar-refractivity contribution in [1.82, 2.24) is 10.3 Å². The molecular formula is C20H22N2O3. The molecule has 1 aliphatic rings. The molecule has 0 radical (unpaired) electrons. The van der Waals surface area contributed by atoms with E-state index in [0.717, 1.165) is 43.3 Å². The van der Waals surface area contributed by atoms with Crippen molar-refractivity contribution in [2.24, 2.45) is 0 Å². The highest BCUT2D eigenvalue weighted by Gasteiger charge is 2.17. The molecule has 25 heavy (non-hydrogen) atoms. The van der Waals surface area contributed by atoms with Crippen molar-refractivity contribution < 1.29 is 14.3 Å². The minimum atomic E-state index is -0.457. The predicted octanol–water partition coefficient (Wildman–Crippen LogP) is 3.39. The van der Waals surface area contributed by atoms with Crippen LogP contribution in [0.15, 0.2) is 42.6 Å². The van der Waals surface area contributed by atoms with Crippen molar-refractivity contribution in [2.75, 3.05) is 6.61 Å². The van der Waals surface area contributed by atoms with Gasteiger partial charge in [0.1, 0.15) is 12.0 Å². The van der Waals surface area contributed by atoms with Gasteiger partial charge in [-0.15, -0.1) is 0 Å². The molecule has 0 aliphatic carbocycles. The molecule has 0 fully saturated rings. The number of ether oxygens (including phenoxy) is 1. The number of rotatable bonds is 1. The van der Waals surface area contributed by atoms with Crippen LogP contribution in [0, 0.1) is 0 Å². The van der Waals surface area contributed by atoms with Crippen molar-refractivity contribution >= 4 is 12.2 Å². The standard InChI is InChI=1S/C20H22N2O3/c23-14-15-7-3-1-2-6-12-25-16-10-11-21-19(13-16)17-8-4-5-9-18(17)20(24)22-15/h4-5,8-11,13-15H,1-3,6-7,12H2,(H,22,24). The monoisotopic (exact) mass is 338 g/mol. The van der Waals surface area contributed by atoms with Gasteiger partial charge in [-0.25, -0.2) is 0 Å². The first-order chi connectivity index (χ1) is 12.3. The Kier molecular flexibility index (Phi) is 5.77. The van der Waals surface area contributed by atoms with Gasteiger partial charge in [-0.1, -0.05) is 37.5 Å². The molecule has 1 aromatic heterocycles. The van der Waals surface area contributed by atoms with Crippen LogP contribution in [-0.2, 0) is 4.79 Å². The largest absolute Gasteiger partial charge is 0.493 e. The molecule has 1 atom stereocenters. The number of fused-ring (bicyclic) bond motifs is 4. The quantitative estimate of drug-likeness (QED) is 0.809.